The Bertz CT molecular complexity index is 933. The van der Waals surface area contributed by atoms with E-state index in [1.54, 1.807) is 32.4 Å². The Morgan fingerprint density at radius 3 is 2.39 bits per heavy atom. The lowest BCUT2D eigenvalue weighted by atomic mass is 9.94. The summed E-state index contributed by atoms with van der Waals surface area (Å²) in [6.07, 6.45) is 4.98. The Hall–Kier alpha value is -2.52. The largest absolute Gasteiger partial charge is 0.497 e. The van der Waals surface area contributed by atoms with Crippen LogP contribution in [0.1, 0.15) is 56.3 Å². The number of carbonyl (C=O) groups excluding carboxylic acids is 2. The van der Waals surface area contributed by atoms with Gasteiger partial charge >= 0.3 is 6.09 Å². The van der Waals surface area contributed by atoms with Crippen LogP contribution in [0.5, 0.6) is 11.5 Å². The zero-order valence-electron chi connectivity index (χ0n) is 23.4. The van der Waals surface area contributed by atoms with E-state index in [1.165, 1.54) is 12.8 Å². The molecule has 1 heterocycles. The number of methoxy groups -OCH3 is 2. The topological polar surface area (TPSA) is 89.6 Å². The normalized spacial score (nSPS) is 20.9. The number of hydrogen-bond donors (Lipinski definition) is 1. The molecule has 1 aromatic carbocycles. The van der Waals surface area contributed by atoms with Crippen molar-refractivity contribution in [1.82, 2.24) is 15.1 Å². The quantitative estimate of drug-likeness (QED) is 0.344. The van der Waals surface area contributed by atoms with Crippen LogP contribution >= 0.6 is 0 Å². The van der Waals surface area contributed by atoms with Crippen LogP contribution in [0.3, 0.4) is 0 Å². The number of hydrogen-bond acceptors (Lipinski definition) is 7. The highest BCUT2D eigenvalue weighted by Crippen LogP contribution is 2.33. The van der Waals surface area contributed by atoms with E-state index in [0.717, 1.165) is 32.4 Å². The molecule has 1 aromatic rings. The molecule has 212 valence electrons. The molecule has 38 heavy (non-hydrogen) atoms. The number of nitrogens with zero attached hydrogens (tertiary/aromatic N) is 2. The highest BCUT2D eigenvalue weighted by Gasteiger charge is 2.39. The molecular weight excluding hydrogens is 486 g/mol. The fraction of sp³-hybridized carbons (Fsp3) is 0.724. The first-order valence-electron chi connectivity index (χ1n) is 14.2. The lowest BCUT2D eigenvalue weighted by Crippen LogP contribution is -2.45. The van der Waals surface area contributed by atoms with Crippen molar-refractivity contribution in [3.8, 4) is 11.5 Å². The molecule has 4 rings (SSSR count). The van der Waals surface area contributed by atoms with E-state index in [9.17, 15) is 9.59 Å². The van der Waals surface area contributed by atoms with E-state index in [4.69, 9.17) is 18.9 Å². The van der Waals surface area contributed by atoms with Gasteiger partial charge in [0.1, 0.15) is 11.5 Å². The number of benzene rings is 1. The van der Waals surface area contributed by atoms with Crippen LogP contribution in [0, 0.1) is 17.8 Å². The minimum atomic E-state index is -0.171. The SMILES string of the molecule is COCCCOc1cc(OC)ccc1C(=O)N(C[C@H]1CNC[C@H]1CN(C(=O)OCC1CC1)C1CC1)C(C)C. The molecule has 0 spiro atoms. The van der Waals surface area contributed by atoms with Crippen LogP contribution in [-0.2, 0) is 9.47 Å². The first kappa shape index (κ1) is 28.5. The van der Waals surface area contributed by atoms with Crippen molar-refractivity contribution in [2.45, 2.75) is 58.0 Å². The number of nitrogens with one attached hydrogen (secondary N) is 1. The minimum absolute atomic E-state index is 0.00948. The van der Waals surface area contributed by atoms with Gasteiger partial charge in [-0.05, 0) is 69.4 Å². The zero-order valence-corrected chi connectivity index (χ0v) is 23.4. The highest BCUT2D eigenvalue weighted by atomic mass is 16.6. The lowest BCUT2D eigenvalue weighted by molar-refractivity contribution is 0.0626. The summed E-state index contributed by atoms with van der Waals surface area (Å²) in [6.45, 7) is 8.61. The van der Waals surface area contributed by atoms with Gasteiger partial charge in [0.15, 0.2) is 0 Å². The van der Waals surface area contributed by atoms with Crippen molar-refractivity contribution >= 4 is 12.0 Å². The Kier molecular flexibility index (Phi) is 10.1. The summed E-state index contributed by atoms with van der Waals surface area (Å²) in [5, 5.41) is 3.51. The highest BCUT2D eigenvalue weighted by molar-refractivity contribution is 5.97. The summed E-state index contributed by atoms with van der Waals surface area (Å²) < 4.78 is 22.1. The average Bonchev–Trinajstić information content (AvgIpc) is 3.85. The molecule has 0 aromatic heterocycles. The van der Waals surface area contributed by atoms with Crippen LogP contribution in [0.2, 0.25) is 0 Å². The summed E-state index contributed by atoms with van der Waals surface area (Å²) in [5.41, 5.74) is 0.530. The van der Waals surface area contributed by atoms with Gasteiger partial charge in [0.05, 0.1) is 25.9 Å². The fourth-order valence-corrected chi connectivity index (χ4v) is 5.03. The number of carbonyl (C=O) groups is 2. The lowest BCUT2D eigenvalue weighted by Gasteiger charge is -2.33. The number of rotatable bonds is 15. The van der Waals surface area contributed by atoms with Crippen LogP contribution in [0.4, 0.5) is 4.79 Å². The van der Waals surface area contributed by atoms with Gasteiger partial charge < -0.3 is 34.1 Å². The van der Waals surface area contributed by atoms with Crippen molar-refractivity contribution in [1.29, 1.82) is 0 Å². The maximum Gasteiger partial charge on any atom is 0.410 e. The predicted octanol–water partition coefficient (Wildman–Crippen LogP) is 3.81. The second-order valence-electron chi connectivity index (χ2n) is 11.2. The van der Waals surface area contributed by atoms with E-state index in [0.29, 0.717) is 61.9 Å². The minimum Gasteiger partial charge on any atom is -0.497 e. The van der Waals surface area contributed by atoms with Gasteiger partial charge in [0, 0.05) is 64.5 Å². The van der Waals surface area contributed by atoms with Gasteiger partial charge in [0.2, 0.25) is 0 Å². The van der Waals surface area contributed by atoms with E-state index in [2.05, 4.69) is 5.32 Å². The van der Waals surface area contributed by atoms with Gasteiger partial charge in [0.25, 0.3) is 5.91 Å². The summed E-state index contributed by atoms with van der Waals surface area (Å²) in [4.78, 5) is 30.6. The third-order valence-corrected chi connectivity index (χ3v) is 7.76. The van der Waals surface area contributed by atoms with Crippen molar-refractivity contribution in [3.05, 3.63) is 23.8 Å². The first-order chi connectivity index (χ1) is 18.4. The van der Waals surface area contributed by atoms with E-state index in [1.807, 2.05) is 23.6 Å². The molecule has 2 aliphatic carbocycles. The van der Waals surface area contributed by atoms with E-state index < -0.39 is 0 Å². The summed E-state index contributed by atoms with van der Waals surface area (Å²) >= 11 is 0. The zero-order chi connectivity index (χ0) is 27.1. The van der Waals surface area contributed by atoms with Crippen LogP contribution in [0.25, 0.3) is 0 Å². The molecule has 1 saturated heterocycles. The fourth-order valence-electron chi connectivity index (χ4n) is 5.03. The Balaban J connectivity index is 1.43. The monoisotopic (exact) mass is 531 g/mol. The molecule has 0 bridgehead atoms. The third kappa shape index (κ3) is 7.76. The number of amides is 2. The standard InChI is InChI=1S/C29H45N3O6/c1-20(2)31(28(33)26-11-10-25(36-4)14-27(26)37-13-5-12-35-3)17-22-15-30-16-23(22)18-32(24-8-9-24)29(34)38-19-21-6-7-21/h10-11,14,20-24,30H,5-9,12-13,15-19H2,1-4H3/t22-,23+/m1/s1. The summed E-state index contributed by atoms with van der Waals surface area (Å²) in [6, 6.07) is 5.67. The van der Waals surface area contributed by atoms with Crippen LogP contribution in [-0.4, -0.2) is 94.1 Å². The summed E-state index contributed by atoms with van der Waals surface area (Å²) in [7, 11) is 3.26. The van der Waals surface area contributed by atoms with Gasteiger partial charge in [-0.25, -0.2) is 4.79 Å². The van der Waals surface area contributed by atoms with Gasteiger partial charge in [-0.15, -0.1) is 0 Å². The van der Waals surface area contributed by atoms with Crippen LogP contribution in [0.15, 0.2) is 18.2 Å². The van der Waals surface area contributed by atoms with Gasteiger partial charge in [-0.3, -0.25) is 4.79 Å². The third-order valence-electron chi connectivity index (χ3n) is 7.76. The Morgan fingerprint density at radius 2 is 1.76 bits per heavy atom. The summed E-state index contributed by atoms with van der Waals surface area (Å²) in [5.74, 6) is 2.17. The van der Waals surface area contributed by atoms with Gasteiger partial charge in [-0.1, -0.05) is 0 Å². The molecular formula is C29H45N3O6. The number of ether oxygens (including phenoxy) is 4. The molecule has 1 N–H and O–H groups in total. The second kappa shape index (κ2) is 13.5. The molecule has 3 aliphatic rings. The maximum atomic E-state index is 13.9. The molecule has 0 radical (unpaired) electrons. The van der Waals surface area contributed by atoms with Crippen molar-refractivity contribution in [2.24, 2.45) is 17.8 Å². The predicted molar refractivity (Wildman–Crippen MR) is 145 cm³/mol. The van der Waals surface area contributed by atoms with Gasteiger partial charge in [-0.2, -0.15) is 0 Å². The smallest absolute Gasteiger partial charge is 0.410 e. The molecule has 1 aliphatic heterocycles. The first-order valence-corrected chi connectivity index (χ1v) is 14.2. The van der Waals surface area contributed by atoms with Crippen molar-refractivity contribution in [2.75, 3.05) is 60.2 Å². The Labute approximate surface area is 227 Å². The molecule has 9 nitrogen and oxygen atoms in total. The Morgan fingerprint density at radius 1 is 1.03 bits per heavy atom. The van der Waals surface area contributed by atoms with E-state index >= 15 is 0 Å². The molecule has 2 amide bonds. The maximum absolute atomic E-state index is 13.9. The molecule has 2 saturated carbocycles. The average molecular weight is 532 g/mol. The molecule has 3 fully saturated rings. The van der Waals surface area contributed by atoms with Crippen LogP contribution < -0.4 is 14.8 Å². The van der Waals surface area contributed by atoms with Crippen molar-refractivity contribution < 1.29 is 28.5 Å². The van der Waals surface area contributed by atoms with E-state index in [-0.39, 0.29) is 29.9 Å². The second-order valence-corrected chi connectivity index (χ2v) is 11.2. The molecule has 0 unspecified atom stereocenters. The van der Waals surface area contributed by atoms with Crippen molar-refractivity contribution in [3.63, 3.8) is 0 Å². The molecule has 9 heteroatoms. The molecule has 2 atom stereocenters.